The van der Waals surface area contributed by atoms with Gasteiger partial charge >= 0.3 is 0 Å². The molecular weight excluding hydrogens is 254 g/mol. The fourth-order valence-corrected chi connectivity index (χ4v) is 2.59. The Morgan fingerprint density at radius 3 is 2.70 bits per heavy atom. The fraction of sp³-hybridized carbons (Fsp3) is 0.538. The Bertz CT molecular complexity index is 591. The molecule has 0 spiro atoms. The zero-order valence-corrected chi connectivity index (χ0v) is 11.8. The van der Waals surface area contributed by atoms with Gasteiger partial charge in [0.05, 0.1) is 0 Å². The molecule has 0 radical (unpaired) electrons. The summed E-state index contributed by atoms with van der Waals surface area (Å²) in [5.41, 5.74) is 6.08. The number of hydrogen-bond acceptors (Lipinski definition) is 6. The Balaban J connectivity index is 1.94. The van der Waals surface area contributed by atoms with Crippen molar-refractivity contribution in [3.63, 3.8) is 0 Å². The molecule has 1 aliphatic heterocycles. The van der Waals surface area contributed by atoms with Gasteiger partial charge in [0.25, 0.3) is 5.95 Å². The lowest BCUT2D eigenvalue weighted by atomic mass is 9.84. The third-order valence-electron chi connectivity index (χ3n) is 3.52. The number of piperidine rings is 1. The van der Waals surface area contributed by atoms with E-state index in [1.807, 2.05) is 6.07 Å². The van der Waals surface area contributed by atoms with Crippen LogP contribution >= 0.6 is 0 Å². The molecule has 2 aromatic rings. The summed E-state index contributed by atoms with van der Waals surface area (Å²) in [5.74, 6) is 1.32. The number of hydrogen-bond donors (Lipinski definition) is 1. The average Bonchev–Trinajstić information content (AvgIpc) is 2.90. The zero-order chi connectivity index (χ0) is 14.2. The molecule has 106 valence electrons. The standard InChI is InChI=1S/C13H19N7/c1-13(2)5-3-7-19(9-13)11-16-10(14)17-12(18-11)20-8-4-6-15-20/h4,6,8H,3,5,7,9H2,1-2H3,(H2,14,16,17,18). The van der Waals surface area contributed by atoms with Gasteiger partial charge in [-0.05, 0) is 24.3 Å². The quantitative estimate of drug-likeness (QED) is 0.886. The molecule has 0 amide bonds. The molecule has 3 heterocycles. The lowest BCUT2D eigenvalue weighted by Gasteiger charge is -2.38. The third-order valence-corrected chi connectivity index (χ3v) is 3.52. The third kappa shape index (κ3) is 2.56. The van der Waals surface area contributed by atoms with E-state index in [1.54, 1.807) is 17.1 Å². The molecule has 1 saturated heterocycles. The minimum atomic E-state index is 0.226. The van der Waals surface area contributed by atoms with E-state index >= 15 is 0 Å². The predicted molar refractivity (Wildman–Crippen MR) is 76.6 cm³/mol. The largest absolute Gasteiger partial charge is 0.368 e. The van der Waals surface area contributed by atoms with E-state index in [1.165, 1.54) is 6.42 Å². The van der Waals surface area contributed by atoms with Crippen LogP contribution in [0.5, 0.6) is 0 Å². The zero-order valence-electron chi connectivity index (χ0n) is 11.8. The maximum atomic E-state index is 5.81. The maximum absolute atomic E-state index is 5.81. The topological polar surface area (TPSA) is 85.8 Å². The van der Waals surface area contributed by atoms with Crippen molar-refractivity contribution < 1.29 is 0 Å². The first-order valence-electron chi connectivity index (χ1n) is 6.80. The Hall–Kier alpha value is -2.18. The van der Waals surface area contributed by atoms with Gasteiger partial charge < -0.3 is 10.6 Å². The van der Waals surface area contributed by atoms with Gasteiger partial charge in [0.1, 0.15) is 0 Å². The van der Waals surface area contributed by atoms with Gasteiger partial charge in [0.2, 0.25) is 11.9 Å². The molecule has 0 aromatic carbocycles. The number of nitrogen functional groups attached to an aromatic ring is 1. The summed E-state index contributed by atoms with van der Waals surface area (Å²) in [7, 11) is 0. The first kappa shape index (κ1) is 12.8. The van der Waals surface area contributed by atoms with Crippen LogP contribution in [-0.2, 0) is 0 Å². The Morgan fingerprint density at radius 1 is 1.20 bits per heavy atom. The maximum Gasteiger partial charge on any atom is 0.257 e. The summed E-state index contributed by atoms with van der Waals surface area (Å²) in [5, 5.41) is 4.13. The SMILES string of the molecule is CC1(C)CCCN(c2nc(N)nc(-n3cccn3)n2)C1. The molecule has 0 saturated carbocycles. The number of aromatic nitrogens is 5. The molecule has 0 aliphatic carbocycles. The molecule has 7 nitrogen and oxygen atoms in total. The van der Waals surface area contributed by atoms with E-state index in [4.69, 9.17) is 5.73 Å². The highest BCUT2D eigenvalue weighted by atomic mass is 15.4. The first-order chi connectivity index (χ1) is 9.53. The van der Waals surface area contributed by atoms with E-state index in [9.17, 15) is 0 Å². The minimum absolute atomic E-state index is 0.226. The predicted octanol–water partition coefficient (Wildman–Crippen LogP) is 1.27. The van der Waals surface area contributed by atoms with Crippen LogP contribution in [0.15, 0.2) is 18.5 Å². The Morgan fingerprint density at radius 2 is 2.00 bits per heavy atom. The van der Waals surface area contributed by atoms with Gasteiger partial charge in [-0.3, -0.25) is 0 Å². The van der Waals surface area contributed by atoms with Gasteiger partial charge in [-0.25, -0.2) is 4.68 Å². The van der Waals surface area contributed by atoms with E-state index in [0.717, 1.165) is 19.5 Å². The van der Waals surface area contributed by atoms with Crippen LogP contribution in [0.2, 0.25) is 0 Å². The highest BCUT2D eigenvalue weighted by Gasteiger charge is 2.28. The van der Waals surface area contributed by atoms with Crippen LogP contribution in [0.4, 0.5) is 11.9 Å². The van der Waals surface area contributed by atoms with Gasteiger partial charge in [0.15, 0.2) is 0 Å². The van der Waals surface area contributed by atoms with Crippen LogP contribution in [0.1, 0.15) is 26.7 Å². The van der Waals surface area contributed by atoms with E-state index in [0.29, 0.717) is 11.9 Å². The van der Waals surface area contributed by atoms with Gasteiger partial charge in [-0.1, -0.05) is 13.8 Å². The number of nitrogens with zero attached hydrogens (tertiary/aromatic N) is 6. The van der Waals surface area contributed by atoms with Crippen molar-refractivity contribution in [2.45, 2.75) is 26.7 Å². The van der Waals surface area contributed by atoms with Crippen molar-refractivity contribution in [3.8, 4) is 5.95 Å². The molecular formula is C13H19N7. The van der Waals surface area contributed by atoms with Gasteiger partial charge in [0, 0.05) is 25.5 Å². The van der Waals surface area contributed by atoms with E-state index in [2.05, 4.69) is 38.8 Å². The van der Waals surface area contributed by atoms with Gasteiger partial charge in [-0.15, -0.1) is 0 Å². The Labute approximate surface area is 117 Å². The monoisotopic (exact) mass is 273 g/mol. The summed E-state index contributed by atoms with van der Waals surface area (Å²) in [6, 6.07) is 1.82. The number of rotatable bonds is 2. The van der Waals surface area contributed by atoms with Gasteiger partial charge in [-0.2, -0.15) is 20.1 Å². The number of anilines is 2. The van der Waals surface area contributed by atoms with Crippen LogP contribution in [0, 0.1) is 5.41 Å². The smallest absolute Gasteiger partial charge is 0.257 e. The molecule has 20 heavy (non-hydrogen) atoms. The molecule has 1 fully saturated rings. The average molecular weight is 273 g/mol. The second-order valence-electron chi connectivity index (χ2n) is 5.93. The second kappa shape index (κ2) is 4.73. The van der Waals surface area contributed by atoms with Crippen molar-refractivity contribution >= 4 is 11.9 Å². The van der Waals surface area contributed by atoms with Crippen LogP contribution < -0.4 is 10.6 Å². The lowest BCUT2D eigenvalue weighted by Crippen LogP contribution is -2.41. The van der Waals surface area contributed by atoms with Crippen LogP contribution in [0.25, 0.3) is 5.95 Å². The summed E-state index contributed by atoms with van der Waals surface area (Å²) in [6.45, 7) is 6.40. The second-order valence-corrected chi connectivity index (χ2v) is 5.93. The normalized spacial score (nSPS) is 18.2. The van der Waals surface area contributed by atoms with Crippen molar-refractivity contribution in [2.24, 2.45) is 5.41 Å². The molecule has 2 N–H and O–H groups in total. The minimum Gasteiger partial charge on any atom is -0.368 e. The first-order valence-corrected chi connectivity index (χ1v) is 6.80. The van der Waals surface area contributed by atoms with Crippen LogP contribution in [-0.4, -0.2) is 37.8 Å². The van der Waals surface area contributed by atoms with Crippen molar-refractivity contribution in [1.82, 2.24) is 24.7 Å². The Kier molecular flexibility index (Phi) is 3.04. The van der Waals surface area contributed by atoms with E-state index in [-0.39, 0.29) is 11.4 Å². The van der Waals surface area contributed by atoms with Crippen molar-refractivity contribution in [1.29, 1.82) is 0 Å². The summed E-state index contributed by atoms with van der Waals surface area (Å²) in [6.07, 6.45) is 5.83. The fourth-order valence-electron chi connectivity index (χ4n) is 2.59. The van der Waals surface area contributed by atoms with Crippen molar-refractivity contribution in [2.75, 3.05) is 23.7 Å². The molecule has 0 bridgehead atoms. The number of nitrogens with two attached hydrogens (primary N) is 1. The molecule has 1 aliphatic rings. The summed E-state index contributed by atoms with van der Waals surface area (Å²) >= 11 is 0. The summed E-state index contributed by atoms with van der Waals surface area (Å²) < 4.78 is 1.59. The molecule has 7 heteroatoms. The van der Waals surface area contributed by atoms with E-state index < -0.39 is 0 Å². The lowest BCUT2D eigenvalue weighted by molar-refractivity contribution is 0.291. The molecule has 0 atom stereocenters. The summed E-state index contributed by atoms with van der Waals surface area (Å²) in [4.78, 5) is 15.1. The highest BCUT2D eigenvalue weighted by molar-refractivity contribution is 5.38. The van der Waals surface area contributed by atoms with Crippen molar-refractivity contribution in [3.05, 3.63) is 18.5 Å². The molecule has 3 rings (SSSR count). The van der Waals surface area contributed by atoms with Crippen LogP contribution in [0.3, 0.4) is 0 Å². The molecule has 0 unspecified atom stereocenters. The molecule has 2 aromatic heterocycles. The highest BCUT2D eigenvalue weighted by Crippen LogP contribution is 2.30.